The van der Waals surface area contributed by atoms with Gasteiger partial charge in [0, 0.05) is 19.0 Å². The molecule has 96 valence electrons. The predicted octanol–water partition coefficient (Wildman–Crippen LogP) is 1.66. The lowest BCUT2D eigenvalue weighted by atomic mass is 10.1. The molecule has 1 heterocycles. The van der Waals surface area contributed by atoms with Gasteiger partial charge in [-0.05, 0) is 46.4 Å². The third-order valence-corrected chi connectivity index (χ3v) is 3.20. The van der Waals surface area contributed by atoms with Gasteiger partial charge in [-0.1, -0.05) is 0 Å². The Balaban J connectivity index is 2.03. The van der Waals surface area contributed by atoms with E-state index in [9.17, 15) is 0 Å². The summed E-state index contributed by atoms with van der Waals surface area (Å²) in [4.78, 5) is 4.79. The Bertz CT molecular complexity index is 170. The molecule has 4 heteroatoms. The quantitative estimate of drug-likeness (QED) is 0.638. The molecule has 1 saturated heterocycles. The molecule has 0 aliphatic carbocycles. The lowest BCUT2D eigenvalue weighted by Gasteiger charge is -2.32. The second-order valence-corrected chi connectivity index (χ2v) is 5.14. The van der Waals surface area contributed by atoms with Crippen LogP contribution >= 0.6 is 11.6 Å². The molecule has 1 aliphatic heterocycles. The zero-order valence-corrected chi connectivity index (χ0v) is 11.4. The van der Waals surface area contributed by atoms with Crippen LogP contribution in [0.1, 0.15) is 19.3 Å². The van der Waals surface area contributed by atoms with E-state index in [0.717, 1.165) is 0 Å². The van der Waals surface area contributed by atoms with Crippen molar-refractivity contribution < 1.29 is 4.74 Å². The highest BCUT2D eigenvalue weighted by Gasteiger charge is 2.18. The minimum atomic E-state index is 0.448. The molecular weight excluding hydrogens is 224 g/mol. The van der Waals surface area contributed by atoms with Gasteiger partial charge in [0.2, 0.25) is 0 Å². The van der Waals surface area contributed by atoms with Crippen molar-refractivity contribution in [2.75, 3.05) is 52.8 Å². The van der Waals surface area contributed by atoms with Crippen LogP contribution in [0.25, 0.3) is 0 Å². The van der Waals surface area contributed by atoms with E-state index in [1.54, 1.807) is 0 Å². The molecule has 1 aliphatic rings. The maximum absolute atomic E-state index is 5.66. The smallest absolute Gasteiger partial charge is 0.0605 e. The van der Waals surface area contributed by atoms with E-state index in [1.165, 1.54) is 45.4 Å². The van der Waals surface area contributed by atoms with E-state index in [0.29, 0.717) is 18.6 Å². The molecule has 0 atom stereocenters. The number of likely N-dealkylation sites (tertiary alicyclic amines) is 1. The minimum absolute atomic E-state index is 0.448. The highest BCUT2D eigenvalue weighted by atomic mass is 35.5. The van der Waals surface area contributed by atoms with Gasteiger partial charge in [-0.15, -0.1) is 11.6 Å². The molecule has 0 saturated carbocycles. The molecule has 0 N–H and O–H groups in total. The molecule has 0 unspecified atom stereocenters. The van der Waals surface area contributed by atoms with E-state index >= 15 is 0 Å². The third kappa shape index (κ3) is 6.04. The second-order valence-electron chi connectivity index (χ2n) is 4.76. The van der Waals surface area contributed by atoms with Crippen LogP contribution in [0.15, 0.2) is 0 Å². The highest BCUT2D eigenvalue weighted by molar-refractivity contribution is 6.17. The topological polar surface area (TPSA) is 15.7 Å². The van der Waals surface area contributed by atoms with Crippen LogP contribution in [-0.2, 0) is 4.74 Å². The summed E-state index contributed by atoms with van der Waals surface area (Å²) in [7, 11) is 4.26. The van der Waals surface area contributed by atoms with Gasteiger partial charge in [-0.3, -0.25) is 0 Å². The van der Waals surface area contributed by atoms with Gasteiger partial charge in [0.25, 0.3) is 0 Å². The molecule has 0 bridgehead atoms. The summed E-state index contributed by atoms with van der Waals surface area (Å²) < 4.78 is 5.66. The number of rotatable bonds is 7. The van der Waals surface area contributed by atoms with Gasteiger partial charge in [0.15, 0.2) is 0 Å². The largest absolute Gasteiger partial charge is 0.377 e. The summed E-state index contributed by atoms with van der Waals surface area (Å²) in [6.07, 6.45) is 4.04. The molecular formula is C12H25ClN2O. The zero-order chi connectivity index (χ0) is 11.8. The first-order chi connectivity index (χ1) is 7.72. The fourth-order valence-corrected chi connectivity index (χ4v) is 2.21. The van der Waals surface area contributed by atoms with E-state index in [4.69, 9.17) is 16.3 Å². The summed E-state index contributed by atoms with van der Waals surface area (Å²) in [6.45, 7) is 5.47. The SMILES string of the molecule is CN(C)CCCN1CCC(OCCCl)CC1. The third-order valence-electron chi connectivity index (χ3n) is 3.04. The van der Waals surface area contributed by atoms with Crippen molar-refractivity contribution in [1.29, 1.82) is 0 Å². The van der Waals surface area contributed by atoms with Gasteiger partial charge >= 0.3 is 0 Å². The van der Waals surface area contributed by atoms with Gasteiger partial charge < -0.3 is 14.5 Å². The Morgan fingerprint density at radius 3 is 2.56 bits per heavy atom. The minimum Gasteiger partial charge on any atom is -0.377 e. The highest BCUT2D eigenvalue weighted by Crippen LogP contribution is 2.13. The number of nitrogens with zero attached hydrogens (tertiary/aromatic N) is 2. The average molecular weight is 249 g/mol. The maximum atomic E-state index is 5.66. The van der Waals surface area contributed by atoms with Crippen LogP contribution < -0.4 is 0 Å². The van der Waals surface area contributed by atoms with E-state index in [-0.39, 0.29) is 0 Å². The van der Waals surface area contributed by atoms with Gasteiger partial charge in [0.05, 0.1) is 12.7 Å². The first-order valence-corrected chi connectivity index (χ1v) is 6.80. The van der Waals surface area contributed by atoms with E-state index in [1.807, 2.05) is 0 Å². The number of hydrogen-bond acceptors (Lipinski definition) is 3. The summed E-state index contributed by atoms with van der Waals surface area (Å²) >= 11 is 5.61. The average Bonchev–Trinajstić information content (AvgIpc) is 2.27. The standard InChI is InChI=1S/C12H25ClN2O/c1-14(2)7-3-8-15-9-4-12(5-10-15)16-11-6-13/h12H,3-11H2,1-2H3. The fraction of sp³-hybridized carbons (Fsp3) is 1.00. The van der Waals surface area contributed by atoms with Crippen LogP contribution in [0, 0.1) is 0 Å². The molecule has 0 aromatic carbocycles. The van der Waals surface area contributed by atoms with Crippen molar-refractivity contribution in [3.63, 3.8) is 0 Å². The van der Waals surface area contributed by atoms with Crippen LogP contribution in [-0.4, -0.2) is 68.7 Å². The summed E-state index contributed by atoms with van der Waals surface area (Å²) in [6, 6.07) is 0. The van der Waals surface area contributed by atoms with Gasteiger partial charge in [0.1, 0.15) is 0 Å². The molecule has 16 heavy (non-hydrogen) atoms. The molecule has 0 aromatic rings. The Hall–Kier alpha value is 0.170. The van der Waals surface area contributed by atoms with Crippen molar-refractivity contribution in [1.82, 2.24) is 9.80 Å². The van der Waals surface area contributed by atoms with Crippen molar-refractivity contribution in [2.45, 2.75) is 25.4 Å². The second kappa shape index (κ2) is 8.29. The molecule has 1 rings (SSSR count). The number of piperidine rings is 1. The van der Waals surface area contributed by atoms with E-state index in [2.05, 4.69) is 23.9 Å². The van der Waals surface area contributed by atoms with Crippen molar-refractivity contribution in [3.8, 4) is 0 Å². The van der Waals surface area contributed by atoms with E-state index < -0.39 is 0 Å². The Labute approximate surface area is 105 Å². The van der Waals surface area contributed by atoms with Crippen molar-refractivity contribution in [3.05, 3.63) is 0 Å². The lowest BCUT2D eigenvalue weighted by Crippen LogP contribution is -2.38. The molecule has 3 nitrogen and oxygen atoms in total. The van der Waals surface area contributed by atoms with Crippen LogP contribution in [0.2, 0.25) is 0 Å². The maximum Gasteiger partial charge on any atom is 0.0605 e. The number of ether oxygens (including phenoxy) is 1. The zero-order valence-electron chi connectivity index (χ0n) is 10.6. The first kappa shape index (κ1) is 14.2. The van der Waals surface area contributed by atoms with Crippen LogP contribution in [0.4, 0.5) is 0 Å². The Kier molecular flexibility index (Phi) is 7.37. The van der Waals surface area contributed by atoms with Crippen molar-refractivity contribution in [2.24, 2.45) is 0 Å². The number of alkyl halides is 1. The Morgan fingerprint density at radius 2 is 2.00 bits per heavy atom. The van der Waals surface area contributed by atoms with Crippen LogP contribution in [0.3, 0.4) is 0 Å². The fourth-order valence-electron chi connectivity index (χ4n) is 2.12. The summed E-state index contributed by atoms with van der Waals surface area (Å²) in [5, 5.41) is 0. The molecule has 0 radical (unpaired) electrons. The van der Waals surface area contributed by atoms with Crippen LogP contribution in [0.5, 0.6) is 0 Å². The van der Waals surface area contributed by atoms with Gasteiger partial charge in [-0.25, -0.2) is 0 Å². The summed E-state index contributed by atoms with van der Waals surface area (Å²) in [5.41, 5.74) is 0. The normalized spacial score (nSPS) is 19.5. The molecule has 0 amide bonds. The predicted molar refractivity (Wildman–Crippen MR) is 69.3 cm³/mol. The van der Waals surface area contributed by atoms with Crippen molar-refractivity contribution >= 4 is 11.6 Å². The van der Waals surface area contributed by atoms with Gasteiger partial charge in [-0.2, -0.15) is 0 Å². The summed E-state index contributed by atoms with van der Waals surface area (Å²) in [5.74, 6) is 0.614. The lowest BCUT2D eigenvalue weighted by molar-refractivity contribution is 0.0147. The number of halogens is 1. The number of hydrogen-bond donors (Lipinski definition) is 0. The monoisotopic (exact) mass is 248 g/mol. The first-order valence-electron chi connectivity index (χ1n) is 6.27. The molecule has 0 aromatic heterocycles. The molecule has 0 spiro atoms. The Morgan fingerprint density at radius 1 is 1.31 bits per heavy atom. The molecule has 1 fully saturated rings.